The Hall–Kier alpha value is -2.12. The predicted octanol–water partition coefficient (Wildman–Crippen LogP) is 1.33. The zero-order chi connectivity index (χ0) is 17.4. The highest BCUT2D eigenvalue weighted by molar-refractivity contribution is 5.95. The van der Waals surface area contributed by atoms with Crippen molar-refractivity contribution in [2.45, 2.75) is 26.4 Å². The zero-order valence-electron chi connectivity index (χ0n) is 14.8. The second-order valence-corrected chi connectivity index (χ2v) is 7.24. The third kappa shape index (κ3) is 3.34. The first-order valence-electron chi connectivity index (χ1n) is 8.85. The number of aromatic nitrogens is 3. The van der Waals surface area contributed by atoms with Gasteiger partial charge in [-0.1, -0.05) is 0 Å². The molecular formula is C18H25N5O2. The number of nitrogens with one attached hydrogen (secondary N) is 2. The number of carbonyl (C=O) groups is 1. The molecule has 2 aliphatic rings. The molecule has 2 atom stereocenters. The van der Waals surface area contributed by atoms with Gasteiger partial charge in [-0.2, -0.15) is 0 Å². The number of nitrogens with zero attached hydrogens (tertiary/aromatic N) is 3. The normalized spacial score (nSPS) is 24.3. The van der Waals surface area contributed by atoms with Crippen LogP contribution in [-0.2, 0) is 11.3 Å². The average Bonchev–Trinajstić information content (AvgIpc) is 3.05. The number of imidazole rings is 1. The van der Waals surface area contributed by atoms with E-state index in [1.165, 1.54) is 0 Å². The van der Waals surface area contributed by atoms with E-state index in [1.54, 1.807) is 0 Å². The molecule has 2 aliphatic heterocycles. The lowest BCUT2D eigenvalue weighted by Crippen LogP contribution is -2.46. The molecule has 0 unspecified atom stereocenters. The smallest absolute Gasteiger partial charge is 0.256 e. The molecule has 0 radical (unpaired) electrons. The Balaban J connectivity index is 1.54. The minimum atomic E-state index is 0.0744. The minimum absolute atomic E-state index is 0.0744. The predicted molar refractivity (Wildman–Crippen MR) is 93.3 cm³/mol. The SMILES string of the molecule is Cc1cnc(CN2C[C@@H]3COC[C@H](C2)N(C(=O)c2cc[nH]c2C)C3)[nH]1. The Morgan fingerprint density at radius 3 is 2.92 bits per heavy atom. The number of hydrogen-bond acceptors (Lipinski definition) is 4. The summed E-state index contributed by atoms with van der Waals surface area (Å²) in [5.74, 6) is 1.42. The highest BCUT2D eigenvalue weighted by Crippen LogP contribution is 2.23. The molecule has 0 aromatic carbocycles. The van der Waals surface area contributed by atoms with Gasteiger partial charge in [0.05, 0.1) is 31.4 Å². The molecule has 0 spiro atoms. The first kappa shape index (κ1) is 16.4. The van der Waals surface area contributed by atoms with E-state index in [4.69, 9.17) is 4.74 Å². The van der Waals surface area contributed by atoms with E-state index >= 15 is 0 Å². The summed E-state index contributed by atoms with van der Waals surface area (Å²) in [7, 11) is 0. The third-order valence-electron chi connectivity index (χ3n) is 5.12. The number of rotatable bonds is 3. The summed E-state index contributed by atoms with van der Waals surface area (Å²) in [6, 6.07) is 1.95. The van der Waals surface area contributed by atoms with E-state index in [0.717, 1.165) is 49.0 Å². The number of fused-ring (bicyclic) bond motifs is 3. The van der Waals surface area contributed by atoms with Crippen molar-refractivity contribution in [3.63, 3.8) is 0 Å². The van der Waals surface area contributed by atoms with Crippen LogP contribution in [0.3, 0.4) is 0 Å². The van der Waals surface area contributed by atoms with Crippen molar-refractivity contribution in [2.75, 3.05) is 32.8 Å². The van der Waals surface area contributed by atoms with E-state index in [1.807, 2.05) is 37.2 Å². The summed E-state index contributed by atoms with van der Waals surface area (Å²) in [5.41, 5.74) is 2.77. The summed E-state index contributed by atoms with van der Waals surface area (Å²) in [4.78, 5) is 28.3. The lowest BCUT2D eigenvalue weighted by atomic mass is 10.1. The van der Waals surface area contributed by atoms with Gasteiger partial charge in [-0.05, 0) is 19.9 Å². The fraction of sp³-hybridized carbons (Fsp3) is 0.556. The Kier molecular flexibility index (Phi) is 4.35. The maximum Gasteiger partial charge on any atom is 0.256 e. The molecule has 0 saturated carbocycles. The van der Waals surface area contributed by atoms with Crippen molar-refractivity contribution < 1.29 is 9.53 Å². The summed E-state index contributed by atoms with van der Waals surface area (Å²) in [6.45, 7) is 8.53. The molecule has 25 heavy (non-hydrogen) atoms. The first-order valence-corrected chi connectivity index (χ1v) is 8.85. The van der Waals surface area contributed by atoms with Crippen LogP contribution in [0.25, 0.3) is 0 Å². The van der Waals surface area contributed by atoms with Crippen LogP contribution in [0.1, 0.15) is 27.6 Å². The third-order valence-corrected chi connectivity index (χ3v) is 5.12. The van der Waals surface area contributed by atoms with Gasteiger partial charge in [0.1, 0.15) is 5.82 Å². The van der Waals surface area contributed by atoms with Crippen LogP contribution in [0.15, 0.2) is 18.5 Å². The van der Waals surface area contributed by atoms with Gasteiger partial charge in [0.2, 0.25) is 0 Å². The lowest BCUT2D eigenvalue weighted by molar-refractivity contribution is 0.0419. The van der Waals surface area contributed by atoms with Gasteiger partial charge in [0.25, 0.3) is 5.91 Å². The molecule has 4 rings (SSSR count). The topological polar surface area (TPSA) is 77.2 Å². The van der Waals surface area contributed by atoms with E-state index in [-0.39, 0.29) is 11.9 Å². The number of H-pyrrole nitrogens is 2. The number of hydrogen-bond donors (Lipinski definition) is 2. The van der Waals surface area contributed by atoms with E-state index in [0.29, 0.717) is 19.1 Å². The van der Waals surface area contributed by atoms with Gasteiger partial charge in [-0.25, -0.2) is 4.98 Å². The van der Waals surface area contributed by atoms with Crippen molar-refractivity contribution in [1.82, 2.24) is 24.8 Å². The molecular weight excluding hydrogens is 318 g/mol. The van der Waals surface area contributed by atoms with Crippen LogP contribution in [0, 0.1) is 19.8 Å². The molecule has 4 heterocycles. The molecule has 134 valence electrons. The highest BCUT2D eigenvalue weighted by Gasteiger charge is 2.36. The van der Waals surface area contributed by atoms with Crippen LogP contribution in [0.2, 0.25) is 0 Å². The van der Waals surface area contributed by atoms with Gasteiger partial charge < -0.3 is 19.6 Å². The largest absolute Gasteiger partial charge is 0.379 e. The molecule has 2 bridgehead atoms. The van der Waals surface area contributed by atoms with Gasteiger partial charge >= 0.3 is 0 Å². The van der Waals surface area contributed by atoms with Crippen LogP contribution < -0.4 is 0 Å². The maximum absolute atomic E-state index is 13.1. The highest BCUT2D eigenvalue weighted by atomic mass is 16.5. The summed E-state index contributed by atoms with van der Waals surface area (Å²) >= 11 is 0. The van der Waals surface area contributed by atoms with E-state index in [2.05, 4.69) is 19.9 Å². The van der Waals surface area contributed by atoms with Gasteiger partial charge in [-0.3, -0.25) is 9.69 Å². The van der Waals surface area contributed by atoms with E-state index in [9.17, 15) is 4.79 Å². The second-order valence-electron chi connectivity index (χ2n) is 7.24. The van der Waals surface area contributed by atoms with Gasteiger partial charge in [-0.15, -0.1) is 0 Å². The van der Waals surface area contributed by atoms with Crippen molar-refractivity contribution in [3.05, 3.63) is 41.2 Å². The van der Waals surface area contributed by atoms with Crippen LogP contribution >= 0.6 is 0 Å². The van der Waals surface area contributed by atoms with Crippen molar-refractivity contribution in [2.24, 2.45) is 5.92 Å². The van der Waals surface area contributed by atoms with Gasteiger partial charge in [0.15, 0.2) is 0 Å². The van der Waals surface area contributed by atoms with Crippen LogP contribution in [0.5, 0.6) is 0 Å². The Labute approximate surface area is 147 Å². The number of amides is 1. The number of aromatic amines is 2. The second kappa shape index (κ2) is 6.65. The van der Waals surface area contributed by atoms with Crippen molar-refractivity contribution in [1.29, 1.82) is 0 Å². The lowest BCUT2D eigenvalue weighted by Gasteiger charge is -2.31. The number of carbonyl (C=O) groups excluding carboxylic acids is 1. The quantitative estimate of drug-likeness (QED) is 0.881. The molecule has 7 nitrogen and oxygen atoms in total. The molecule has 2 N–H and O–H groups in total. The maximum atomic E-state index is 13.1. The van der Waals surface area contributed by atoms with Crippen molar-refractivity contribution >= 4 is 5.91 Å². The molecule has 2 aromatic heterocycles. The first-order chi connectivity index (χ1) is 12.1. The number of ether oxygens (including phenoxy) is 1. The standard InChI is InChI=1S/C18H25N5O2/c1-12-5-20-17(21-12)9-22-6-14-7-23(15(8-22)11-25-10-14)18(24)16-3-4-19-13(16)2/h3-5,14-15,19H,6-11H2,1-2H3,(H,20,21)/t14-,15-/m0/s1. The molecule has 2 saturated heterocycles. The monoisotopic (exact) mass is 343 g/mol. The molecule has 0 aliphatic carbocycles. The van der Waals surface area contributed by atoms with E-state index < -0.39 is 0 Å². The Morgan fingerprint density at radius 1 is 1.32 bits per heavy atom. The fourth-order valence-corrected chi connectivity index (χ4v) is 3.92. The van der Waals surface area contributed by atoms with Crippen LogP contribution in [0.4, 0.5) is 0 Å². The summed E-state index contributed by atoms with van der Waals surface area (Å²) < 4.78 is 5.84. The Bertz CT molecular complexity index is 752. The average molecular weight is 343 g/mol. The molecule has 2 fully saturated rings. The minimum Gasteiger partial charge on any atom is -0.379 e. The van der Waals surface area contributed by atoms with Crippen molar-refractivity contribution in [3.8, 4) is 0 Å². The van der Waals surface area contributed by atoms with Crippen LogP contribution in [-0.4, -0.2) is 69.5 Å². The molecule has 2 aromatic rings. The van der Waals surface area contributed by atoms with Gasteiger partial charge in [0, 0.05) is 49.3 Å². The molecule has 1 amide bonds. The fourth-order valence-electron chi connectivity index (χ4n) is 3.92. The zero-order valence-corrected chi connectivity index (χ0v) is 14.8. The number of aryl methyl sites for hydroxylation is 2. The summed E-state index contributed by atoms with van der Waals surface area (Å²) in [6.07, 6.45) is 3.69. The molecule has 7 heteroatoms. The Morgan fingerprint density at radius 2 is 2.20 bits per heavy atom. The summed E-state index contributed by atoms with van der Waals surface area (Å²) in [5, 5.41) is 0.